The molecule has 1 heterocycles. The first kappa shape index (κ1) is 28.6. The zero-order valence-electron chi connectivity index (χ0n) is 23.0. The molecule has 3 rings (SSSR count). The highest BCUT2D eigenvalue weighted by molar-refractivity contribution is 7.82. The standard InChI is InChI=1S/C30H38FN2O3P/c1-8-36-26-15-12-23(18-27(26)35-6)30(34)32-17-16-25-19-28(37(7,9-2)20(3)4)21(5)29(33-25)22-10-13-24(31)14-11-22/h10-15,18-20H,8-9,16-17H2,1-7H3/p+1. The van der Waals surface area contributed by atoms with Crippen LogP contribution in [0.1, 0.15) is 49.3 Å². The minimum absolute atomic E-state index is 0.180. The van der Waals surface area contributed by atoms with Crippen LogP contribution in [0.2, 0.25) is 0 Å². The van der Waals surface area contributed by atoms with Crippen molar-refractivity contribution in [3.05, 3.63) is 71.2 Å². The summed E-state index contributed by atoms with van der Waals surface area (Å²) in [5, 5.41) is 4.37. The highest BCUT2D eigenvalue weighted by atomic mass is 31.2. The topological polar surface area (TPSA) is 60.5 Å². The van der Waals surface area contributed by atoms with Crippen LogP contribution in [0.25, 0.3) is 11.3 Å². The Morgan fingerprint density at radius 1 is 1.08 bits per heavy atom. The number of methoxy groups -OCH3 is 1. The number of halogens is 1. The van der Waals surface area contributed by atoms with Crippen molar-refractivity contribution >= 4 is 18.5 Å². The van der Waals surface area contributed by atoms with Gasteiger partial charge in [0.2, 0.25) is 0 Å². The number of rotatable bonds is 11. The van der Waals surface area contributed by atoms with Crippen molar-refractivity contribution in [1.29, 1.82) is 0 Å². The molecule has 0 radical (unpaired) electrons. The number of nitrogens with one attached hydrogen (secondary N) is 1. The second-order valence-electron chi connectivity index (χ2n) is 9.60. The van der Waals surface area contributed by atoms with Crippen molar-refractivity contribution < 1.29 is 18.7 Å². The lowest BCUT2D eigenvalue weighted by Crippen LogP contribution is -2.27. The number of amides is 1. The van der Waals surface area contributed by atoms with Crippen molar-refractivity contribution in [2.24, 2.45) is 0 Å². The summed E-state index contributed by atoms with van der Waals surface area (Å²) in [6, 6.07) is 13.9. The van der Waals surface area contributed by atoms with Crippen LogP contribution in [0, 0.1) is 12.7 Å². The predicted molar refractivity (Wildman–Crippen MR) is 153 cm³/mol. The highest BCUT2D eigenvalue weighted by Gasteiger charge is 2.39. The zero-order valence-corrected chi connectivity index (χ0v) is 23.9. The largest absolute Gasteiger partial charge is 0.493 e. The van der Waals surface area contributed by atoms with Crippen molar-refractivity contribution in [3.8, 4) is 22.8 Å². The Morgan fingerprint density at radius 3 is 2.38 bits per heavy atom. The molecule has 7 heteroatoms. The van der Waals surface area contributed by atoms with E-state index in [0.29, 0.717) is 42.3 Å². The minimum Gasteiger partial charge on any atom is -0.493 e. The van der Waals surface area contributed by atoms with Crippen LogP contribution in [-0.4, -0.2) is 49.6 Å². The number of hydrogen-bond donors (Lipinski definition) is 1. The number of carbonyl (C=O) groups is 1. The maximum atomic E-state index is 13.6. The molecule has 1 N–H and O–H groups in total. The average Bonchev–Trinajstić information content (AvgIpc) is 2.89. The van der Waals surface area contributed by atoms with E-state index in [9.17, 15) is 9.18 Å². The molecular weight excluding hydrogens is 486 g/mol. The number of benzene rings is 2. The van der Waals surface area contributed by atoms with Crippen molar-refractivity contribution in [2.45, 2.75) is 46.7 Å². The number of hydrogen-bond acceptors (Lipinski definition) is 4. The van der Waals surface area contributed by atoms with E-state index < -0.39 is 7.26 Å². The molecule has 1 atom stereocenters. The SMILES string of the molecule is CCOc1ccc(C(=O)NCCc2cc([P+](C)(CC)C(C)C)c(C)c(-c3ccc(F)cc3)n2)cc1OC. The summed E-state index contributed by atoms with van der Waals surface area (Å²) < 4.78 is 24.6. The Kier molecular flexibility index (Phi) is 9.67. The van der Waals surface area contributed by atoms with Crippen molar-refractivity contribution in [3.63, 3.8) is 0 Å². The summed E-state index contributed by atoms with van der Waals surface area (Å²) in [6.07, 6.45) is 1.68. The van der Waals surface area contributed by atoms with E-state index >= 15 is 0 Å². The van der Waals surface area contributed by atoms with Gasteiger partial charge >= 0.3 is 0 Å². The smallest absolute Gasteiger partial charge is 0.251 e. The molecule has 0 aliphatic heterocycles. The number of pyridine rings is 1. The van der Waals surface area contributed by atoms with Gasteiger partial charge in [-0.15, -0.1) is 0 Å². The fourth-order valence-electron chi connectivity index (χ4n) is 4.50. The first-order chi connectivity index (χ1) is 17.6. The van der Waals surface area contributed by atoms with Gasteiger partial charge in [-0.05, 0) is 77.1 Å². The number of carbonyl (C=O) groups excluding carboxylic acids is 1. The molecule has 0 aliphatic rings. The van der Waals surface area contributed by atoms with E-state index in [1.165, 1.54) is 17.4 Å². The minimum atomic E-state index is -1.44. The molecule has 198 valence electrons. The Hall–Kier alpha value is -2.98. The summed E-state index contributed by atoms with van der Waals surface area (Å²) in [5.74, 6) is 0.693. The maximum absolute atomic E-state index is 13.6. The van der Waals surface area contributed by atoms with Gasteiger partial charge in [-0.2, -0.15) is 0 Å². The van der Waals surface area contributed by atoms with Crippen LogP contribution in [0.4, 0.5) is 4.39 Å². The number of ether oxygens (including phenoxy) is 2. The van der Waals surface area contributed by atoms with Crippen LogP contribution in [0.15, 0.2) is 48.5 Å². The molecule has 0 saturated carbocycles. The molecule has 1 amide bonds. The molecule has 0 fully saturated rings. The van der Waals surface area contributed by atoms with Crippen LogP contribution in [0.3, 0.4) is 0 Å². The van der Waals surface area contributed by atoms with Gasteiger partial charge in [0.15, 0.2) is 11.5 Å². The van der Waals surface area contributed by atoms with Gasteiger partial charge in [0, 0.05) is 48.7 Å². The van der Waals surface area contributed by atoms with Crippen LogP contribution < -0.4 is 20.1 Å². The summed E-state index contributed by atoms with van der Waals surface area (Å²) in [7, 11) is 0.116. The number of aromatic nitrogens is 1. The monoisotopic (exact) mass is 525 g/mol. The molecule has 1 unspecified atom stereocenters. The molecule has 0 saturated heterocycles. The van der Waals surface area contributed by atoms with Gasteiger partial charge in [-0.25, -0.2) is 4.39 Å². The molecule has 5 nitrogen and oxygen atoms in total. The first-order valence-electron chi connectivity index (χ1n) is 12.9. The van der Waals surface area contributed by atoms with Crippen LogP contribution in [-0.2, 0) is 6.42 Å². The summed E-state index contributed by atoms with van der Waals surface area (Å²) in [4.78, 5) is 17.8. The highest BCUT2D eigenvalue weighted by Crippen LogP contribution is 2.59. The van der Waals surface area contributed by atoms with E-state index in [4.69, 9.17) is 14.5 Å². The molecule has 0 spiro atoms. The predicted octanol–water partition coefficient (Wildman–Crippen LogP) is 6.28. The normalized spacial score (nSPS) is 12.8. The molecule has 1 aromatic heterocycles. The quantitative estimate of drug-likeness (QED) is 0.300. The van der Waals surface area contributed by atoms with Gasteiger partial charge in [0.05, 0.1) is 37.9 Å². The van der Waals surface area contributed by atoms with E-state index in [0.717, 1.165) is 28.7 Å². The Labute approximate surface area is 221 Å². The second kappa shape index (κ2) is 12.5. The fourth-order valence-corrected chi connectivity index (χ4v) is 7.44. The lowest BCUT2D eigenvalue weighted by molar-refractivity contribution is 0.0953. The maximum Gasteiger partial charge on any atom is 0.251 e. The van der Waals surface area contributed by atoms with E-state index in [1.54, 1.807) is 37.4 Å². The summed E-state index contributed by atoms with van der Waals surface area (Å²) in [5.41, 5.74) is 4.91. The first-order valence-corrected chi connectivity index (χ1v) is 15.3. The fraction of sp³-hybridized carbons (Fsp3) is 0.400. The molecule has 3 aromatic rings. The van der Waals surface area contributed by atoms with Crippen LogP contribution in [0.5, 0.6) is 11.5 Å². The molecule has 2 aromatic carbocycles. The third-order valence-electron chi connectivity index (χ3n) is 7.16. The lowest BCUT2D eigenvalue weighted by atomic mass is 10.1. The van der Waals surface area contributed by atoms with Crippen molar-refractivity contribution in [2.75, 3.05) is 33.1 Å². The van der Waals surface area contributed by atoms with Gasteiger partial charge in [-0.1, -0.05) is 0 Å². The molecule has 0 aliphatic carbocycles. The Balaban J connectivity index is 1.88. The Morgan fingerprint density at radius 2 is 1.78 bits per heavy atom. The zero-order chi connectivity index (χ0) is 27.2. The van der Waals surface area contributed by atoms with E-state index in [-0.39, 0.29) is 11.7 Å². The summed E-state index contributed by atoms with van der Waals surface area (Å²) >= 11 is 0. The molecule has 37 heavy (non-hydrogen) atoms. The van der Waals surface area contributed by atoms with Gasteiger partial charge < -0.3 is 14.8 Å². The summed E-state index contributed by atoms with van der Waals surface area (Å²) in [6.45, 7) is 14.2. The van der Waals surface area contributed by atoms with E-state index in [2.05, 4.69) is 45.7 Å². The number of nitrogens with zero attached hydrogens (tertiary/aromatic N) is 1. The van der Waals surface area contributed by atoms with Gasteiger partial charge in [-0.3, -0.25) is 9.78 Å². The molecular formula is C30H39FN2O3P+. The van der Waals surface area contributed by atoms with Gasteiger partial charge in [0.25, 0.3) is 5.91 Å². The lowest BCUT2D eigenvalue weighted by Gasteiger charge is -2.28. The van der Waals surface area contributed by atoms with Crippen molar-refractivity contribution in [1.82, 2.24) is 10.3 Å². The third-order valence-corrected chi connectivity index (χ3v) is 12.3. The van der Waals surface area contributed by atoms with E-state index in [1.807, 2.05) is 6.92 Å². The van der Waals surface area contributed by atoms with Gasteiger partial charge in [0.1, 0.15) is 11.1 Å². The average molecular weight is 526 g/mol. The third kappa shape index (κ3) is 6.48. The Bertz CT molecular complexity index is 1230. The van der Waals surface area contributed by atoms with Crippen LogP contribution >= 0.6 is 7.26 Å². The second-order valence-corrected chi connectivity index (χ2v) is 14.3. The molecule has 0 bridgehead atoms.